The Balaban J connectivity index is 1.87. The number of nitrogens with one attached hydrogen (secondary N) is 2. The number of amides is 2. The molecule has 2 aromatic rings. The Morgan fingerprint density at radius 1 is 1.22 bits per heavy atom. The molecular formula is C15H14N4O3S. The monoisotopic (exact) mass is 330 g/mol. The van der Waals surface area contributed by atoms with Gasteiger partial charge in [-0.1, -0.05) is 29.8 Å². The van der Waals surface area contributed by atoms with E-state index in [2.05, 4.69) is 15.2 Å². The third-order valence-corrected chi connectivity index (χ3v) is 3.58. The van der Waals surface area contributed by atoms with E-state index in [4.69, 9.17) is 0 Å². The number of hydrogen-bond acceptors (Lipinski definition) is 5. The molecule has 0 aliphatic rings. The molecule has 0 radical (unpaired) electrons. The summed E-state index contributed by atoms with van der Waals surface area (Å²) in [5, 5.41) is 14.5. The van der Waals surface area contributed by atoms with Gasteiger partial charge >= 0.3 is 6.03 Å². The van der Waals surface area contributed by atoms with Gasteiger partial charge in [-0.2, -0.15) is 5.10 Å². The highest BCUT2D eigenvalue weighted by Crippen LogP contribution is 2.15. The summed E-state index contributed by atoms with van der Waals surface area (Å²) in [7, 11) is 0. The van der Waals surface area contributed by atoms with Gasteiger partial charge in [0.15, 0.2) is 0 Å². The SMILES string of the molecule is Cc1ccc(SNC(=O)N/N=C/c2ccccc2[N+](=O)[O-])cc1. The molecule has 0 saturated carbocycles. The van der Waals surface area contributed by atoms with E-state index in [-0.39, 0.29) is 5.69 Å². The Morgan fingerprint density at radius 3 is 2.61 bits per heavy atom. The number of urea groups is 1. The van der Waals surface area contributed by atoms with Crippen molar-refractivity contribution in [1.29, 1.82) is 0 Å². The lowest BCUT2D eigenvalue weighted by Crippen LogP contribution is -2.27. The molecule has 0 aromatic heterocycles. The molecule has 0 bridgehead atoms. The number of carbonyl (C=O) groups is 1. The molecule has 0 aliphatic heterocycles. The Kier molecular flexibility index (Phi) is 5.70. The van der Waals surface area contributed by atoms with Gasteiger partial charge in [0, 0.05) is 11.0 Å². The highest BCUT2D eigenvalue weighted by Gasteiger charge is 2.10. The van der Waals surface area contributed by atoms with Crippen LogP contribution in [0, 0.1) is 17.0 Å². The minimum Gasteiger partial charge on any atom is -0.276 e. The van der Waals surface area contributed by atoms with Gasteiger partial charge in [-0.15, -0.1) is 0 Å². The summed E-state index contributed by atoms with van der Waals surface area (Å²) in [6.45, 7) is 1.98. The number of para-hydroxylation sites is 1. The lowest BCUT2D eigenvalue weighted by Gasteiger charge is -2.03. The van der Waals surface area contributed by atoms with Crippen LogP contribution in [-0.4, -0.2) is 17.2 Å². The van der Waals surface area contributed by atoms with Crippen molar-refractivity contribution in [3.05, 3.63) is 69.8 Å². The van der Waals surface area contributed by atoms with Crippen LogP contribution >= 0.6 is 11.9 Å². The summed E-state index contributed by atoms with van der Waals surface area (Å²) in [5.74, 6) is 0. The van der Waals surface area contributed by atoms with Gasteiger partial charge in [0.05, 0.1) is 16.7 Å². The minimum absolute atomic E-state index is 0.0764. The number of rotatable bonds is 5. The van der Waals surface area contributed by atoms with Crippen LogP contribution in [0.3, 0.4) is 0 Å². The van der Waals surface area contributed by atoms with Crippen LogP contribution in [0.25, 0.3) is 0 Å². The van der Waals surface area contributed by atoms with Gasteiger partial charge in [-0.05, 0) is 37.1 Å². The van der Waals surface area contributed by atoms with Gasteiger partial charge < -0.3 is 0 Å². The molecule has 8 heteroatoms. The number of nitro benzene ring substituents is 1. The first-order valence-corrected chi connectivity index (χ1v) is 7.44. The molecule has 0 unspecified atom stereocenters. The van der Waals surface area contributed by atoms with Crippen molar-refractivity contribution in [3.8, 4) is 0 Å². The van der Waals surface area contributed by atoms with Crippen molar-refractivity contribution in [2.75, 3.05) is 0 Å². The first-order chi connectivity index (χ1) is 11.1. The van der Waals surface area contributed by atoms with Crippen molar-refractivity contribution in [2.45, 2.75) is 11.8 Å². The van der Waals surface area contributed by atoms with Crippen LogP contribution in [0.5, 0.6) is 0 Å². The van der Waals surface area contributed by atoms with Gasteiger partial charge in [0.1, 0.15) is 0 Å². The fourth-order valence-electron chi connectivity index (χ4n) is 1.66. The standard InChI is InChI=1S/C15H14N4O3S/c1-11-6-8-13(9-7-11)23-18-15(20)17-16-10-12-4-2-3-5-14(12)19(21)22/h2-10H,1H3,(H2,17,18,20)/b16-10+. The summed E-state index contributed by atoms with van der Waals surface area (Å²) in [6, 6.07) is 13.3. The van der Waals surface area contributed by atoms with Crippen LogP contribution in [0.2, 0.25) is 0 Å². The van der Waals surface area contributed by atoms with E-state index in [0.717, 1.165) is 22.4 Å². The van der Waals surface area contributed by atoms with Gasteiger partial charge in [0.2, 0.25) is 0 Å². The lowest BCUT2D eigenvalue weighted by atomic mass is 10.2. The molecular weight excluding hydrogens is 316 g/mol. The molecule has 2 N–H and O–H groups in total. The van der Waals surface area contributed by atoms with Crippen LogP contribution in [0.15, 0.2) is 58.5 Å². The largest absolute Gasteiger partial charge is 0.345 e. The Hall–Kier alpha value is -2.87. The first-order valence-electron chi connectivity index (χ1n) is 6.62. The highest BCUT2D eigenvalue weighted by molar-refractivity contribution is 7.98. The summed E-state index contributed by atoms with van der Waals surface area (Å²) >= 11 is 1.15. The van der Waals surface area contributed by atoms with E-state index in [1.165, 1.54) is 12.3 Å². The smallest absolute Gasteiger partial charge is 0.276 e. The number of aryl methyl sites for hydroxylation is 1. The van der Waals surface area contributed by atoms with Gasteiger partial charge in [-0.25, -0.2) is 10.2 Å². The third-order valence-electron chi connectivity index (χ3n) is 2.79. The molecule has 0 aliphatic carbocycles. The van der Waals surface area contributed by atoms with E-state index in [1.54, 1.807) is 18.2 Å². The number of nitro groups is 1. The predicted molar refractivity (Wildman–Crippen MR) is 89.4 cm³/mol. The maximum atomic E-state index is 11.6. The maximum absolute atomic E-state index is 11.6. The van der Waals surface area contributed by atoms with E-state index in [1.807, 2.05) is 31.2 Å². The molecule has 0 atom stereocenters. The number of benzene rings is 2. The first kappa shape index (κ1) is 16.5. The molecule has 2 rings (SSSR count). The van der Waals surface area contributed by atoms with Gasteiger partial charge in [-0.3, -0.25) is 14.8 Å². The Morgan fingerprint density at radius 2 is 1.91 bits per heavy atom. The number of nitrogens with zero attached hydrogens (tertiary/aromatic N) is 2. The zero-order chi connectivity index (χ0) is 16.7. The van der Waals surface area contributed by atoms with Crippen molar-refractivity contribution >= 4 is 29.9 Å². The van der Waals surface area contributed by atoms with Crippen molar-refractivity contribution in [2.24, 2.45) is 5.10 Å². The summed E-state index contributed by atoms with van der Waals surface area (Å²) in [6.07, 6.45) is 1.23. The summed E-state index contributed by atoms with van der Waals surface area (Å²) in [5.41, 5.74) is 3.62. The minimum atomic E-state index is -0.523. The lowest BCUT2D eigenvalue weighted by molar-refractivity contribution is -0.385. The Labute approximate surface area is 137 Å². The summed E-state index contributed by atoms with van der Waals surface area (Å²) < 4.78 is 2.56. The van der Waals surface area contributed by atoms with E-state index in [9.17, 15) is 14.9 Å². The highest BCUT2D eigenvalue weighted by atomic mass is 32.2. The molecule has 23 heavy (non-hydrogen) atoms. The maximum Gasteiger partial charge on any atom is 0.345 e. The third kappa shape index (κ3) is 5.11. The second-order valence-corrected chi connectivity index (χ2v) is 5.41. The molecule has 7 nitrogen and oxygen atoms in total. The predicted octanol–water partition coefficient (Wildman–Crippen LogP) is 3.24. The second kappa shape index (κ2) is 7.95. The second-order valence-electron chi connectivity index (χ2n) is 4.53. The average Bonchev–Trinajstić information content (AvgIpc) is 2.54. The molecule has 118 valence electrons. The quantitative estimate of drug-likeness (QED) is 0.381. The topological polar surface area (TPSA) is 96.6 Å². The van der Waals surface area contributed by atoms with Crippen molar-refractivity contribution in [3.63, 3.8) is 0 Å². The average molecular weight is 330 g/mol. The van der Waals surface area contributed by atoms with Crippen molar-refractivity contribution in [1.82, 2.24) is 10.1 Å². The van der Waals surface area contributed by atoms with E-state index in [0.29, 0.717) is 5.56 Å². The van der Waals surface area contributed by atoms with E-state index >= 15 is 0 Å². The van der Waals surface area contributed by atoms with Crippen molar-refractivity contribution < 1.29 is 9.72 Å². The van der Waals surface area contributed by atoms with Crippen LogP contribution in [-0.2, 0) is 0 Å². The fourth-order valence-corrected chi connectivity index (χ4v) is 2.19. The number of hydrogen-bond donors (Lipinski definition) is 2. The zero-order valence-corrected chi connectivity index (χ0v) is 13.0. The molecule has 0 fully saturated rings. The van der Waals surface area contributed by atoms with Crippen LogP contribution in [0.1, 0.15) is 11.1 Å². The number of carbonyl (C=O) groups excluding carboxylic acids is 1. The zero-order valence-electron chi connectivity index (χ0n) is 12.2. The fraction of sp³-hybridized carbons (Fsp3) is 0.0667. The molecule has 2 aromatic carbocycles. The normalized spacial score (nSPS) is 10.5. The summed E-state index contributed by atoms with van der Waals surface area (Å²) in [4.78, 5) is 22.8. The molecule has 0 saturated heterocycles. The van der Waals surface area contributed by atoms with E-state index < -0.39 is 11.0 Å². The van der Waals surface area contributed by atoms with Crippen LogP contribution < -0.4 is 10.1 Å². The Bertz CT molecular complexity index is 732. The molecule has 0 spiro atoms. The number of hydrazone groups is 1. The van der Waals surface area contributed by atoms with Crippen LogP contribution in [0.4, 0.5) is 10.5 Å². The molecule has 2 amide bonds. The molecule has 0 heterocycles. The van der Waals surface area contributed by atoms with Gasteiger partial charge in [0.25, 0.3) is 5.69 Å².